The summed E-state index contributed by atoms with van der Waals surface area (Å²) in [5.41, 5.74) is 0.821. The highest BCUT2D eigenvalue weighted by Crippen LogP contribution is 2.28. The third kappa shape index (κ3) is 4.78. The summed E-state index contributed by atoms with van der Waals surface area (Å²) in [6.45, 7) is 0.788. The number of hydrogen-bond acceptors (Lipinski definition) is 4. The Morgan fingerprint density at radius 3 is 2.66 bits per heavy atom. The maximum atomic E-state index is 14.0. The van der Waals surface area contributed by atoms with Crippen LogP contribution in [0.3, 0.4) is 0 Å². The SMILES string of the molecule is COCCNC(=O)c1ccccc1NC(=O)[C@H]1CC(=O)N(c2ccccc2F)C1. The van der Waals surface area contributed by atoms with Crippen LogP contribution < -0.4 is 15.5 Å². The monoisotopic (exact) mass is 399 g/mol. The van der Waals surface area contributed by atoms with Crippen molar-refractivity contribution in [3.63, 3.8) is 0 Å². The van der Waals surface area contributed by atoms with E-state index in [1.165, 1.54) is 30.2 Å². The summed E-state index contributed by atoms with van der Waals surface area (Å²) in [6.07, 6.45) is -0.0254. The van der Waals surface area contributed by atoms with Gasteiger partial charge >= 0.3 is 0 Å². The molecule has 0 unspecified atom stereocenters. The van der Waals surface area contributed by atoms with Crippen molar-refractivity contribution >= 4 is 29.1 Å². The first-order chi connectivity index (χ1) is 14.0. The number of anilines is 2. The topological polar surface area (TPSA) is 87.7 Å². The lowest BCUT2D eigenvalue weighted by atomic mass is 10.1. The molecule has 152 valence electrons. The zero-order valence-corrected chi connectivity index (χ0v) is 16.0. The zero-order chi connectivity index (χ0) is 20.8. The minimum Gasteiger partial charge on any atom is -0.383 e. The number of methoxy groups -OCH3 is 1. The second-order valence-corrected chi connectivity index (χ2v) is 6.64. The molecule has 3 rings (SSSR count). The molecule has 1 aliphatic heterocycles. The van der Waals surface area contributed by atoms with Gasteiger partial charge < -0.3 is 20.3 Å². The first-order valence-electron chi connectivity index (χ1n) is 9.23. The summed E-state index contributed by atoms with van der Waals surface area (Å²) in [7, 11) is 1.54. The van der Waals surface area contributed by atoms with Crippen molar-refractivity contribution < 1.29 is 23.5 Å². The molecule has 0 aromatic heterocycles. The molecule has 8 heteroatoms. The molecule has 2 aromatic rings. The number of amides is 3. The first-order valence-corrected chi connectivity index (χ1v) is 9.23. The summed E-state index contributed by atoms with van der Waals surface area (Å²) in [6, 6.07) is 12.6. The van der Waals surface area contributed by atoms with E-state index in [1.807, 2.05) is 0 Å². The number of ether oxygens (including phenoxy) is 1. The van der Waals surface area contributed by atoms with Crippen LogP contribution in [0, 0.1) is 11.7 Å². The Morgan fingerprint density at radius 2 is 1.90 bits per heavy atom. The van der Waals surface area contributed by atoms with Gasteiger partial charge in [0.25, 0.3) is 5.91 Å². The van der Waals surface area contributed by atoms with Crippen LogP contribution in [0.4, 0.5) is 15.8 Å². The van der Waals surface area contributed by atoms with Crippen molar-refractivity contribution in [3.05, 3.63) is 59.9 Å². The fourth-order valence-electron chi connectivity index (χ4n) is 3.17. The Hall–Kier alpha value is -3.26. The maximum Gasteiger partial charge on any atom is 0.253 e. The van der Waals surface area contributed by atoms with Gasteiger partial charge in [0.2, 0.25) is 11.8 Å². The summed E-state index contributed by atoms with van der Waals surface area (Å²) < 4.78 is 18.9. The predicted octanol–water partition coefficient (Wildman–Crippen LogP) is 2.19. The van der Waals surface area contributed by atoms with E-state index in [4.69, 9.17) is 4.74 Å². The number of carbonyl (C=O) groups excluding carboxylic acids is 3. The molecule has 0 spiro atoms. The molecule has 0 bridgehead atoms. The van der Waals surface area contributed by atoms with E-state index >= 15 is 0 Å². The van der Waals surface area contributed by atoms with Crippen LogP contribution in [0.25, 0.3) is 0 Å². The average Bonchev–Trinajstić information content (AvgIpc) is 3.10. The minimum atomic E-state index is -0.647. The Kier molecular flexibility index (Phi) is 6.56. The largest absolute Gasteiger partial charge is 0.383 e. The van der Waals surface area contributed by atoms with Gasteiger partial charge in [0.1, 0.15) is 5.82 Å². The Balaban J connectivity index is 1.69. The van der Waals surface area contributed by atoms with Crippen LogP contribution in [0.15, 0.2) is 48.5 Å². The standard InChI is InChI=1S/C21H22FN3O4/c1-29-11-10-23-21(28)15-6-2-4-8-17(15)24-20(27)14-12-19(26)25(13-14)18-9-5-3-7-16(18)22/h2-9,14H,10-13H2,1H3,(H,23,28)(H,24,27)/t14-/m0/s1. The van der Waals surface area contributed by atoms with Crippen molar-refractivity contribution in [1.29, 1.82) is 0 Å². The fourth-order valence-corrected chi connectivity index (χ4v) is 3.17. The van der Waals surface area contributed by atoms with Crippen LogP contribution >= 0.6 is 0 Å². The predicted molar refractivity (Wildman–Crippen MR) is 106 cm³/mol. The molecule has 2 N–H and O–H groups in total. The van der Waals surface area contributed by atoms with Gasteiger partial charge in [-0.3, -0.25) is 14.4 Å². The molecule has 0 aliphatic carbocycles. The lowest BCUT2D eigenvalue weighted by Gasteiger charge is -2.17. The van der Waals surface area contributed by atoms with Crippen molar-refractivity contribution in [2.45, 2.75) is 6.42 Å². The normalized spacial score (nSPS) is 16.0. The third-order valence-electron chi connectivity index (χ3n) is 4.66. The van der Waals surface area contributed by atoms with Crippen molar-refractivity contribution in [2.75, 3.05) is 37.0 Å². The van der Waals surface area contributed by atoms with Crippen LogP contribution in [0.2, 0.25) is 0 Å². The Morgan fingerprint density at radius 1 is 1.17 bits per heavy atom. The summed E-state index contributed by atoms with van der Waals surface area (Å²) in [5.74, 6) is -2.21. The lowest BCUT2D eigenvalue weighted by Crippen LogP contribution is -2.30. The maximum absolute atomic E-state index is 14.0. The second-order valence-electron chi connectivity index (χ2n) is 6.64. The lowest BCUT2D eigenvalue weighted by molar-refractivity contribution is -0.122. The van der Waals surface area contributed by atoms with E-state index in [1.54, 1.807) is 30.3 Å². The molecule has 29 heavy (non-hydrogen) atoms. The molecule has 1 aliphatic rings. The summed E-state index contributed by atoms with van der Waals surface area (Å²) >= 11 is 0. The quantitative estimate of drug-likeness (QED) is 0.699. The van der Waals surface area contributed by atoms with E-state index in [0.717, 1.165) is 0 Å². The van der Waals surface area contributed by atoms with E-state index in [0.29, 0.717) is 24.4 Å². The van der Waals surface area contributed by atoms with Gasteiger partial charge in [0.15, 0.2) is 0 Å². The molecule has 1 saturated heterocycles. The number of halogens is 1. The third-order valence-corrected chi connectivity index (χ3v) is 4.66. The number of carbonyl (C=O) groups is 3. The molecular weight excluding hydrogens is 377 g/mol. The van der Waals surface area contributed by atoms with Crippen LogP contribution in [-0.4, -0.2) is 44.5 Å². The highest BCUT2D eigenvalue weighted by atomic mass is 19.1. The summed E-state index contributed by atoms with van der Waals surface area (Å²) in [4.78, 5) is 38.7. The second kappa shape index (κ2) is 9.29. The van der Waals surface area contributed by atoms with Crippen molar-refractivity contribution in [1.82, 2.24) is 5.32 Å². The Bertz CT molecular complexity index is 918. The molecule has 1 atom stereocenters. The highest BCUT2D eigenvalue weighted by Gasteiger charge is 2.36. The van der Waals surface area contributed by atoms with Gasteiger partial charge in [0.05, 0.1) is 29.5 Å². The number of nitrogens with zero attached hydrogens (tertiary/aromatic N) is 1. The van der Waals surface area contributed by atoms with E-state index < -0.39 is 17.6 Å². The number of benzene rings is 2. The van der Waals surface area contributed by atoms with Crippen molar-refractivity contribution in [3.8, 4) is 0 Å². The fraction of sp³-hybridized carbons (Fsp3) is 0.286. The molecule has 7 nitrogen and oxygen atoms in total. The van der Waals surface area contributed by atoms with E-state index in [2.05, 4.69) is 10.6 Å². The highest BCUT2D eigenvalue weighted by molar-refractivity contribution is 6.07. The first kappa shape index (κ1) is 20.5. The van der Waals surface area contributed by atoms with E-state index in [9.17, 15) is 18.8 Å². The Labute approximate surface area is 167 Å². The molecule has 1 heterocycles. The van der Waals surface area contributed by atoms with Gasteiger partial charge in [-0.25, -0.2) is 4.39 Å². The van der Waals surface area contributed by atoms with Gasteiger partial charge in [-0.2, -0.15) is 0 Å². The number of hydrogen-bond donors (Lipinski definition) is 2. The number of rotatable bonds is 7. The molecule has 3 amide bonds. The van der Waals surface area contributed by atoms with E-state index in [-0.39, 0.29) is 30.5 Å². The molecule has 1 fully saturated rings. The average molecular weight is 399 g/mol. The number of nitrogens with one attached hydrogen (secondary N) is 2. The van der Waals surface area contributed by atoms with Gasteiger partial charge in [-0.1, -0.05) is 24.3 Å². The molecule has 0 radical (unpaired) electrons. The van der Waals surface area contributed by atoms with Crippen LogP contribution in [0.5, 0.6) is 0 Å². The van der Waals surface area contributed by atoms with Crippen LogP contribution in [-0.2, 0) is 14.3 Å². The smallest absolute Gasteiger partial charge is 0.253 e. The van der Waals surface area contributed by atoms with Gasteiger partial charge in [0, 0.05) is 26.6 Å². The molecule has 0 saturated carbocycles. The zero-order valence-electron chi connectivity index (χ0n) is 16.0. The summed E-state index contributed by atoms with van der Waals surface area (Å²) in [5, 5.41) is 5.43. The minimum absolute atomic E-state index is 0.0254. The van der Waals surface area contributed by atoms with Gasteiger partial charge in [-0.05, 0) is 24.3 Å². The van der Waals surface area contributed by atoms with Gasteiger partial charge in [-0.15, -0.1) is 0 Å². The van der Waals surface area contributed by atoms with Crippen molar-refractivity contribution in [2.24, 2.45) is 5.92 Å². The molecular formula is C21H22FN3O4. The van der Waals surface area contributed by atoms with Crippen LogP contribution in [0.1, 0.15) is 16.8 Å². The number of para-hydroxylation sites is 2. The molecule has 2 aromatic carbocycles.